The van der Waals surface area contributed by atoms with Crippen molar-refractivity contribution in [3.05, 3.63) is 0 Å². The molecule has 9 atom stereocenters. The Bertz CT molecular complexity index is 1090. The second-order valence-electron chi connectivity index (χ2n) is 16.5. The van der Waals surface area contributed by atoms with Crippen molar-refractivity contribution in [3.8, 4) is 0 Å². The molecule has 3 aliphatic heterocycles. The number of methoxy groups -OCH3 is 1. The van der Waals surface area contributed by atoms with Crippen molar-refractivity contribution in [2.75, 3.05) is 61.0 Å². The Balaban J connectivity index is 1.89. The number of nitrogens with one attached hydrogen (secondary N) is 1. The van der Waals surface area contributed by atoms with E-state index in [0.29, 0.717) is 32.5 Å². The number of carbonyl (C=O) groups is 3. The van der Waals surface area contributed by atoms with E-state index in [1.54, 1.807) is 27.9 Å². The van der Waals surface area contributed by atoms with E-state index in [4.69, 9.17) is 18.9 Å². The molecule has 3 saturated heterocycles. The van der Waals surface area contributed by atoms with E-state index >= 15 is 0 Å². The number of hydrogen-bond donors (Lipinski definition) is 2. The lowest BCUT2D eigenvalue weighted by Gasteiger charge is -2.47. The van der Waals surface area contributed by atoms with E-state index in [9.17, 15) is 19.5 Å². The van der Waals surface area contributed by atoms with Gasteiger partial charge in [0, 0.05) is 56.2 Å². The van der Waals surface area contributed by atoms with Crippen molar-refractivity contribution in [2.45, 2.75) is 123 Å². The third-order valence-corrected chi connectivity index (χ3v) is 10.5. The Morgan fingerprint density at radius 1 is 1.11 bits per heavy atom. The molecule has 47 heavy (non-hydrogen) atoms. The molecule has 3 fully saturated rings. The van der Waals surface area contributed by atoms with Gasteiger partial charge < -0.3 is 39.2 Å². The summed E-state index contributed by atoms with van der Waals surface area (Å²) in [4.78, 5) is 46.7. The zero-order valence-electron chi connectivity index (χ0n) is 31.3. The van der Waals surface area contributed by atoms with Crippen LogP contribution in [-0.2, 0) is 33.3 Å². The zero-order valence-corrected chi connectivity index (χ0v) is 31.3. The number of esters is 1. The molecule has 12 nitrogen and oxygen atoms in total. The molecule has 0 spiro atoms. The van der Waals surface area contributed by atoms with Gasteiger partial charge in [0.15, 0.2) is 12.1 Å². The Kier molecular flexibility index (Phi) is 13.1. The van der Waals surface area contributed by atoms with Crippen molar-refractivity contribution in [1.82, 2.24) is 20.0 Å². The van der Waals surface area contributed by atoms with Crippen molar-refractivity contribution >= 4 is 17.7 Å². The molecule has 0 aromatic heterocycles. The Labute approximate surface area is 283 Å². The van der Waals surface area contributed by atoms with Crippen LogP contribution in [0.25, 0.3) is 0 Å². The van der Waals surface area contributed by atoms with Gasteiger partial charge in [0.1, 0.15) is 18.1 Å². The van der Waals surface area contributed by atoms with Crippen LogP contribution >= 0.6 is 0 Å². The van der Waals surface area contributed by atoms with Gasteiger partial charge in [-0.2, -0.15) is 0 Å². The molecule has 3 aliphatic rings. The quantitative estimate of drug-likeness (QED) is 0.306. The van der Waals surface area contributed by atoms with Crippen molar-refractivity contribution in [2.24, 2.45) is 23.2 Å². The predicted octanol–water partition coefficient (Wildman–Crippen LogP) is 2.16. The molecule has 0 radical (unpaired) electrons. The molecule has 1 amide bonds. The maximum atomic E-state index is 14.2. The number of amides is 1. The molecule has 0 aromatic rings. The fraction of sp³-hybridized carbons (Fsp3) is 0.914. The van der Waals surface area contributed by atoms with Crippen LogP contribution in [0.2, 0.25) is 0 Å². The first-order chi connectivity index (χ1) is 21.6. The number of likely N-dealkylation sites (N-methyl/N-ethyl adjacent to an activating group) is 2. The summed E-state index contributed by atoms with van der Waals surface area (Å²) in [6.45, 7) is 19.3. The van der Waals surface area contributed by atoms with Gasteiger partial charge >= 0.3 is 5.97 Å². The van der Waals surface area contributed by atoms with E-state index in [-0.39, 0.29) is 60.4 Å². The Morgan fingerprint density at radius 2 is 1.72 bits per heavy atom. The molecular formula is C35H64N4O8. The van der Waals surface area contributed by atoms with E-state index in [0.717, 1.165) is 0 Å². The molecule has 0 saturated carbocycles. The normalized spacial score (nSPS) is 37.0. The predicted molar refractivity (Wildman–Crippen MR) is 180 cm³/mol. The van der Waals surface area contributed by atoms with E-state index in [1.807, 2.05) is 65.6 Å². The molecule has 12 heteroatoms. The fourth-order valence-electron chi connectivity index (χ4n) is 7.47. The third-order valence-electron chi connectivity index (χ3n) is 10.5. The zero-order chi connectivity index (χ0) is 35.6. The lowest BCUT2D eigenvalue weighted by molar-refractivity contribution is -0.295. The number of aliphatic hydroxyl groups excluding tert-OH is 1. The SMILES string of the molecule is CO[C@]1(C)C[C@@H](C)CN(C)C(C2CN(C(=O)CNC(C)(C)C)C2)COC(=O)C(C)(C)C(=O)[C@H](C)[C@H]1O[C@@H]1O[C@H](C)C[C@H](N(C)C)[C@H]1O. The summed E-state index contributed by atoms with van der Waals surface area (Å²) >= 11 is 0. The smallest absolute Gasteiger partial charge is 0.319 e. The van der Waals surface area contributed by atoms with Gasteiger partial charge in [0.25, 0.3) is 0 Å². The number of aliphatic hydroxyl groups is 1. The van der Waals surface area contributed by atoms with Crippen LogP contribution in [0.15, 0.2) is 0 Å². The number of cyclic esters (lactones) is 1. The van der Waals surface area contributed by atoms with Gasteiger partial charge in [0.05, 0.1) is 24.4 Å². The molecule has 3 heterocycles. The summed E-state index contributed by atoms with van der Waals surface area (Å²) in [6, 6.07) is -0.331. The van der Waals surface area contributed by atoms with Crippen LogP contribution in [-0.4, -0.2) is 146 Å². The number of Topliss-reactive ketones (excluding diaryl/α,β-unsaturated/α-hetero) is 1. The van der Waals surface area contributed by atoms with Crippen LogP contribution in [0, 0.1) is 23.2 Å². The lowest BCUT2D eigenvalue weighted by atomic mass is 9.74. The van der Waals surface area contributed by atoms with Crippen LogP contribution < -0.4 is 5.32 Å². The molecule has 272 valence electrons. The molecule has 1 unspecified atom stereocenters. The minimum absolute atomic E-state index is 0.0508. The maximum Gasteiger partial charge on any atom is 0.319 e. The lowest BCUT2D eigenvalue weighted by Crippen LogP contribution is -2.61. The van der Waals surface area contributed by atoms with E-state index < -0.39 is 41.4 Å². The highest BCUT2D eigenvalue weighted by molar-refractivity contribution is 6.04. The molecule has 0 aliphatic carbocycles. The molecule has 2 N–H and O–H groups in total. The second-order valence-corrected chi connectivity index (χ2v) is 16.5. The number of likely N-dealkylation sites (tertiary alicyclic amines) is 1. The number of ether oxygens (including phenoxy) is 4. The van der Waals surface area contributed by atoms with Gasteiger partial charge in [-0.25, -0.2) is 0 Å². The number of rotatable bonds is 7. The summed E-state index contributed by atoms with van der Waals surface area (Å²) in [5.74, 6) is -1.47. The average molecular weight is 669 g/mol. The van der Waals surface area contributed by atoms with Crippen molar-refractivity contribution < 1.29 is 38.4 Å². The third kappa shape index (κ3) is 9.52. The van der Waals surface area contributed by atoms with Gasteiger partial charge in [0.2, 0.25) is 5.91 Å². The van der Waals surface area contributed by atoms with Crippen molar-refractivity contribution in [1.29, 1.82) is 0 Å². The van der Waals surface area contributed by atoms with E-state index in [2.05, 4.69) is 17.1 Å². The van der Waals surface area contributed by atoms with Gasteiger partial charge in [-0.3, -0.25) is 19.3 Å². The first kappa shape index (κ1) is 39.8. The Hall–Kier alpha value is -1.67. The second kappa shape index (κ2) is 15.5. The first-order valence-electron chi connectivity index (χ1n) is 17.3. The van der Waals surface area contributed by atoms with Crippen LogP contribution in [0.3, 0.4) is 0 Å². The minimum atomic E-state index is -1.47. The summed E-state index contributed by atoms with van der Waals surface area (Å²) in [5.41, 5.74) is -2.59. The highest BCUT2D eigenvalue weighted by atomic mass is 16.7. The summed E-state index contributed by atoms with van der Waals surface area (Å²) < 4.78 is 24.9. The maximum absolute atomic E-state index is 14.2. The average Bonchev–Trinajstić information content (AvgIpc) is 2.94. The van der Waals surface area contributed by atoms with Crippen molar-refractivity contribution in [3.63, 3.8) is 0 Å². The highest BCUT2D eigenvalue weighted by Gasteiger charge is 2.52. The number of carbonyl (C=O) groups excluding carboxylic acids is 3. The summed E-state index contributed by atoms with van der Waals surface area (Å²) in [6.07, 6.45) is -1.77. The summed E-state index contributed by atoms with van der Waals surface area (Å²) in [5, 5.41) is 14.6. The molecule has 0 aromatic carbocycles. The molecular weight excluding hydrogens is 604 g/mol. The largest absolute Gasteiger partial charge is 0.463 e. The number of ketones is 1. The topological polar surface area (TPSA) is 130 Å². The number of hydrogen-bond acceptors (Lipinski definition) is 11. The molecule has 0 bridgehead atoms. The Morgan fingerprint density at radius 3 is 2.28 bits per heavy atom. The first-order valence-corrected chi connectivity index (χ1v) is 17.3. The van der Waals surface area contributed by atoms with E-state index in [1.165, 1.54) is 0 Å². The monoisotopic (exact) mass is 668 g/mol. The van der Waals surface area contributed by atoms with Crippen LogP contribution in [0.5, 0.6) is 0 Å². The van der Waals surface area contributed by atoms with Gasteiger partial charge in [-0.1, -0.05) is 13.8 Å². The fourth-order valence-corrected chi connectivity index (χ4v) is 7.47. The van der Waals surface area contributed by atoms with Gasteiger partial charge in [-0.05, 0) is 88.4 Å². The van der Waals surface area contributed by atoms with Gasteiger partial charge in [-0.15, -0.1) is 0 Å². The van der Waals surface area contributed by atoms with Crippen LogP contribution in [0.4, 0.5) is 0 Å². The highest BCUT2D eigenvalue weighted by Crippen LogP contribution is 2.38. The number of nitrogens with zero attached hydrogens (tertiary/aromatic N) is 3. The summed E-state index contributed by atoms with van der Waals surface area (Å²) in [7, 11) is 7.46. The molecule has 3 rings (SSSR count). The minimum Gasteiger partial charge on any atom is -0.463 e. The standard InChI is InChI=1S/C35H64N4O8/c1-21-15-35(9,44-13)30(47-31-28(41)25(37(10)11)14-22(2)46-31)23(3)29(42)34(7,8)32(43)45-20-26(38(12)17-21)24-18-39(19-24)27(40)16-36-33(4,5)6/h21-26,28,30-31,36,41H,14-20H2,1-13H3/t21-,22-,23+,25+,26?,28-,30-,31+,35-/m1/s1. The van der Waals surface area contributed by atoms with Crippen LogP contribution in [0.1, 0.15) is 75.2 Å².